The van der Waals surface area contributed by atoms with Crippen molar-refractivity contribution in [1.29, 1.82) is 0 Å². The van der Waals surface area contributed by atoms with Crippen LogP contribution in [-0.2, 0) is 29.1 Å². The third kappa shape index (κ3) is 10.2. The molecule has 1 aromatic heterocycles. The summed E-state index contributed by atoms with van der Waals surface area (Å²) in [6.07, 6.45) is -1.46. The lowest BCUT2D eigenvalue weighted by Crippen LogP contribution is -2.59. The van der Waals surface area contributed by atoms with Gasteiger partial charge in [-0.1, -0.05) is 12.2 Å². The van der Waals surface area contributed by atoms with Crippen molar-refractivity contribution in [2.75, 3.05) is 45.7 Å². The van der Waals surface area contributed by atoms with Crippen molar-refractivity contribution in [2.24, 2.45) is 5.92 Å². The Morgan fingerprint density at radius 3 is 2.47 bits per heavy atom. The number of carbonyl (C=O) groups is 4. The van der Waals surface area contributed by atoms with Gasteiger partial charge >= 0.3 is 12.5 Å². The van der Waals surface area contributed by atoms with Crippen molar-refractivity contribution in [3.05, 3.63) is 36.4 Å². The number of sulfonamides is 1. The van der Waals surface area contributed by atoms with Crippen LogP contribution in [0.15, 0.2) is 36.4 Å². The van der Waals surface area contributed by atoms with Gasteiger partial charge in [0, 0.05) is 50.1 Å². The van der Waals surface area contributed by atoms with E-state index in [9.17, 15) is 40.8 Å². The number of alkyl carbamates (subject to hydrolysis) is 1. The van der Waals surface area contributed by atoms with Crippen LogP contribution in [-0.4, -0.2) is 129 Å². The van der Waals surface area contributed by atoms with Gasteiger partial charge < -0.3 is 39.5 Å². The molecule has 2 saturated carbocycles. The number of halogens is 3. The monoisotopic (exact) mass is 837 g/mol. The quantitative estimate of drug-likeness (QED) is 0.330. The zero-order valence-electron chi connectivity index (χ0n) is 33.2. The second-order valence-electron chi connectivity index (χ2n) is 16.6. The van der Waals surface area contributed by atoms with E-state index in [-0.39, 0.29) is 31.8 Å². The maximum absolute atomic E-state index is 14.6. The first-order valence-corrected chi connectivity index (χ1v) is 20.7. The number of amides is 4. The third-order valence-corrected chi connectivity index (χ3v) is 12.2. The average molecular weight is 838 g/mol. The molecule has 3 heterocycles. The molecule has 2 aromatic rings. The Morgan fingerprint density at radius 1 is 1.09 bits per heavy atom. The topological polar surface area (TPSA) is 189 Å². The van der Waals surface area contributed by atoms with Gasteiger partial charge in [0.1, 0.15) is 29.3 Å². The lowest BCUT2D eigenvalue weighted by Gasteiger charge is -2.32. The minimum Gasteiger partial charge on any atom is -0.472 e. The number of allylic oxidation sites excluding steroid dienone is 1. The summed E-state index contributed by atoms with van der Waals surface area (Å²) in [5, 5.41) is 5.34. The van der Waals surface area contributed by atoms with Crippen molar-refractivity contribution >= 4 is 50.3 Å². The van der Waals surface area contributed by atoms with E-state index in [1.54, 1.807) is 71.1 Å². The number of fused-ring (bicyclic) bond motifs is 3. The zero-order chi connectivity index (χ0) is 42.4. The highest BCUT2D eigenvalue weighted by atomic mass is 32.2. The summed E-state index contributed by atoms with van der Waals surface area (Å²) in [4.78, 5) is 64.7. The fraction of sp³-hybridized carbons (Fsp3) is 0.605. The van der Waals surface area contributed by atoms with E-state index in [1.165, 1.54) is 4.90 Å². The smallest absolute Gasteiger partial charge is 0.472 e. The van der Waals surface area contributed by atoms with Crippen LogP contribution < -0.4 is 29.7 Å². The molecule has 318 valence electrons. The first-order chi connectivity index (χ1) is 27.0. The predicted octanol–water partition coefficient (Wildman–Crippen LogP) is 3.21. The molecule has 0 spiro atoms. The Hall–Kier alpha value is -4.85. The summed E-state index contributed by atoms with van der Waals surface area (Å²) in [5.41, 5.74) is -1.88. The molecular weight excluding hydrogens is 788 g/mol. The van der Waals surface area contributed by atoms with Crippen LogP contribution in [0.5, 0.6) is 11.8 Å². The van der Waals surface area contributed by atoms with Gasteiger partial charge in [0.2, 0.25) is 33.6 Å². The van der Waals surface area contributed by atoms with Crippen LogP contribution in [0.4, 0.5) is 23.7 Å². The summed E-state index contributed by atoms with van der Waals surface area (Å²) < 4.78 is 84.1. The number of nitrogens with zero attached hydrogens (tertiary/aromatic N) is 4. The van der Waals surface area contributed by atoms with E-state index in [0.29, 0.717) is 48.7 Å². The van der Waals surface area contributed by atoms with Gasteiger partial charge in [-0.05, 0) is 90.1 Å². The molecule has 2 aliphatic heterocycles. The number of pyridine rings is 1. The van der Waals surface area contributed by atoms with Crippen molar-refractivity contribution in [2.45, 2.75) is 100 Å². The first kappa shape index (κ1) is 42.7. The van der Waals surface area contributed by atoms with Crippen molar-refractivity contribution in [3.8, 4) is 11.8 Å². The molecule has 1 saturated heterocycles. The number of hydrogen-bond acceptors (Lipinski definition) is 12. The van der Waals surface area contributed by atoms with Crippen molar-refractivity contribution in [1.82, 2.24) is 30.1 Å². The third-order valence-electron chi connectivity index (χ3n) is 10.3. The number of alkyl halides is 3. The molecule has 20 heteroatoms. The van der Waals surface area contributed by atoms with E-state index < -0.39 is 86.6 Å². The van der Waals surface area contributed by atoms with Gasteiger partial charge in [-0.3, -0.25) is 19.1 Å². The Bertz CT molecular complexity index is 2070. The summed E-state index contributed by atoms with van der Waals surface area (Å²) >= 11 is 0. The van der Waals surface area contributed by atoms with Crippen LogP contribution in [0, 0.1) is 5.92 Å². The van der Waals surface area contributed by atoms with Gasteiger partial charge in [0.05, 0.1) is 11.8 Å². The number of benzene rings is 1. The molecule has 3 N–H and O–H groups in total. The number of carbonyl (C=O) groups excluding carboxylic acids is 4. The Morgan fingerprint density at radius 2 is 1.81 bits per heavy atom. The van der Waals surface area contributed by atoms with E-state index in [4.69, 9.17) is 9.47 Å². The van der Waals surface area contributed by atoms with Gasteiger partial charge in [-0.15, -0.1) is 13.2 Å². The molecule has 4 aliphatic rings. The molecule has 0 bridgehead atoms. The molecule has 5 atom stereocenters. The highest BCUT2D eigenvalue weighted by Gasteiger charge is 2.62. The molecule has 16 nitrogen and oxygen atoms in total. The lowest BCUT2D eigenvalue weighted by molar-refractivity contribution is -0.276. The van der Waals surface area contributed by atoms with E-state index in [1.807, 2.05) is 11.0 Å². The van der Waals surface area contributed by atoms with Gasteiger partial charge in [0.15, 0.2) is 0 Å². The Balaban J connectivity index is 1.36. The number of anilines is 1. The molecule has 2 unspecified atom stereocenters. The maximum Gasteiger partial charge on any atom is 0.574 e. The highest BCUT2D eigenvalue weighted by Crippen LogP contribution is 2.46. The van der Waals surface area contributed by atoms with E-state index >= 15 is 0 Å². The number of ether oxygens (including phenoxy) is 3. The molecule has 2 aliphatic carbocycles. The van der Waals surface area contributed by atoms with Gasteiger partial charge in [-0.25, -0.2) is 13.2 Å². The van der Waals surface area contributed by atoms with E-state index in [0.717, 1.165) is 6.07 Å². The minimum absolute atomic E-state index is 0.0172. The molecule has 1 aromatic carbocycles. The van der Waals surface area contributed by atoms with Crippen LogP contribution in [0.3, 0.4) is 0 Å². The van der Waals surface area contributed by atoms with E-state index in [2.05, 4.69) is 25.1 Å². The predicted molar refractivity (Wildman–Crippen MR) is 205 cm³/mol. The maximum atomic E-state index is 14.6. The van der Waals surface area contributed by atoms with Crippen LogP contribution >= 0.6 is 0 Å². The summed E-state index contributed by atoms with van der Waals surface area (Å²) in [6.45, 7) is 5.21. The second kappa shape index (κ2) is 16.1. The number of rotatable bonds is 8. The number of aromatic nitrogens is 1. The zero-order valence-corrected chi connectivity index (χ0v) is 34.0. The van der Waals surface area contributed by atoms with Gasteiger partial charge in [0.25, 0.3) is 5.91 Å². The summed E-state index contributed by atoms with van der Waals surface area (Å²) in [6, 6.07) is 3.50. The largest absolute Gasteiger partial charge is 0.574 e. The molecule has 4 amide bonds. The molecule has 58 heavy (non-hydrogen) atoms. The van der Waals surface area contributed by atoms with Crippen LogP contribution in [0.25, 0.3) is 10.8 Å². The number of hydrogen-bond donors (Lipinski definition) is 3. The fourth-order valence-electron chi connectivity index (χ4n) is 7.21. The number of likely N-dealkylation sites (N-methyl/N-ethyl adjacent to an activating group) is 1. The molecule has 6 rings (SSSR count). The second-order valence-corrected chi connectivity index (χ2v) is 18.5. The number of nitrogens with one attached hydrogen (secondary N) is 3. The normalized spacial score (nSPS) is 26.6. The average Bonchev–Trinajstić information content (AvgIpc) is 4.02. The Labute approximate surface area is 334 Å². The Kier molecular flexibility index (Phi) is 11.8. The highest BCUT2D eigenvalue weighted by molar-refractivity contribution is 7.91. The van der Waals surface area contributed by atoms with Gasteiger partial charge in [-0.2, -0.15) is 4.98 Å². The molecular formula is C38H50F3N7O9S. The van der Waals surface area contributed by atoms with Crippen LogP contribution in [0.1, 0.15) is 59.3 Å². The molecule has 0 radical (unpaired) electrons. The summed E-state index contributed by atoms with van der Waals surface area (Å²) in [5.74, 6) is -3.97. The molecule has 3 fully saturated rings. The van der Waals surface area contributed by atoms with Crippen LogP contribution in [0.2, 0.25) is 0 Å². The standard InChI is InChI=1S/C38H50F3N7O9S/c1-36(2,3)57-35(52)42-28-21-47(6)15-9-7-8-10-23-19-37(23,34(51)45-58(53,54)26-12-13-26)44-31(49)29-18-25(20-48(29)33(28)50)55-32-27-14-11-24(46(4)5)16-22(27)17-30(43-32)56-38(39,40)41/h8,10-11,14,16-17,23,25-26,28-29H,7,9,12-13,15,18-21H2,1-6H3,(H,42,52)(H,44,49)(H,45,51)/b10-8-/t23?,25?,28-,29-,37+/m0/s1. The SMILES string of the molecule is CN1CCC/C=C\C2C[C@@]2(C(=O)NS(=O)(=O)C2CC2)NC(=O)[C@@H]2CC(Oc3nc(OC(F)(F)F)cc4cc(N(C)C)ccc34)CN2C(=O)[C@@H](NC(=O)OC(C)(C)C)C1. The van der Waals surface area contributed by atoms with Crippen molar-refractivity contribution in [3.63, 3.8) is 0 Å². The van der Waals surface area contributed by atoms with Crippen molar-refractivity contribution < 1.29 is 55.0 Å². The minimum atomic E-state index is -5.07. The summed E-state index contributed by atoms with van der Waals surface area (Å²) in [7, 11) is 1.30. The first-order valence-electron chi connectivity index (χ1n) is 19.1. The fourth-order valence-corrected chi connectivity index (χ4v) is 8.57. The lowest BCUT2D eigenvalue weighted by atomic mass is 10.1.